The molecule has 0 saturated heterocycles. The minimum absolute atomic E-state index is 0.126. The van der Waals surface area contributed by atoms with Gasteiger partial charge in [0.25, 0.3) is 0 Å². The van der Waals surface area contributed by atoms with Gasteiger partial charge in [-0.3, -0.25) is 9.59 Å². The van der Waals surface area contributed by atoms with Gasteiger partial charge in [-0.1, -0.05) is 12.1 Å². The first kappa shape index (κ1) is 31.7. The summed E-state index contributed by atoms with van der Waals surface area (Å²) >= 11 is 0. The van der Waals surface area contributed by atoms with E-state index in [-0.39, 0.29) is 43.6 Å². The predicted molar refractivity (Wildman–Crippen MR) is 144 cm³/mol. The highest BCUT2D eigenvalue weighted by Gasteiger charge is 2.32. The van der Waals surface area contributed by atoms with E-state index >= 15 is 0 Å². The van der Waals surface area contributed by atoms with Crippen molar-refractivity contribution in [3.63, 3.8) is 0 Å². The number of urea groups is 1. The standard InChI is InChI=1S/C27H36F3N5O6/c1-15-12-35(16(2)14-36)24(38)11-19-10-20(31-23(37)8-9-27(28,29)30)6-7-21(19)40-22(15)13-34(5)26(39)32-25-17(3)33-41-18(25)4/h6-7,10,15-16,22,36H,8-9,11-14H2,1-5H3,(H,31,37)(H,32,39)/t15-,16-,22-/m0/s1. The minimum Gasteiger partial charge on any atom is -0.488 e. The number of aromatic nitrogens is 1. The fourth-order valence-corrected chi connectivity index (χ4v) is 4.42. The van der Waals surface area contributed by atoms with Crippen LogP contribution in [0.1, 0.15) is 43.7 Å². The van der Waals surface area contributed by atoms with E-state index in [1.54, 1.807) is 27.8 Å². The number of ether oxygens (including phenoxy) is 1. The molecule has 1 aliphatic rings. The molecule has 2 heterocycles. The van der Waals surface area contributed by atoms with E-state index in [2.05, 4.69) is 15.8 Å². The number of anilines is 2. The van der Waals surface area contributed by atoms with Crippen LogP contribution in [0.25, 0.3) is 0 Å². The zero-order valence-corrected chi connectivity index (χ0v) is 23.7. The number of aryl methyl sites for hydroxylation is 2. The van der Waals surface area contributed by atoms with Crippen molar-refractivity contribution in [3.8, 4) is 5.75 Å². The topological polar surface area (TPSA) is 137 Å². The van der Waals surface area contributed by atoms with Crippen LogP contribution in [0.2, 0.25) is 0 Å². The molecule has 4 amide bonds. The number of hydrogen-bond acceptors (Lipinski definition) is 7. The van der Waals surface area contributed by atoms with Gasteiger partial charge in [0.1, 0.15) is 23.2 Å². The van der Waals surface area contributed by atoms with Gasteiger partial charge in [-0.15, -0.1) is 0 Å². The second kappa shape index (κ2) is 13.2. The highest BCUT2D eigenvalue weighted by molar-refractivity contribution is 5.91. The largest absolute Gasteiger partial charge is 0.488 e. The number of benzene rings is 1. The second-order valence-corrected chi connectivity index (χ2v) is 10.4. The Labute approximate surface area is 236 Å². The number of rotatable bonds is 8. The molecule has 0 spiro atoms. The van der Waals surface area contributed by atoms with Crippen LogP contribution in [0.3, 0.4) is 0 Å². The summed E-state index contributed by atoms with van der Waals surface area (Å²) in [7, 11) is 1.59. The number of carbonyl (C=O) groups excluding carboxylic acids is 3. The van der Waals surface area contributed by atoms with Gasteiger partial charge in [0, 0.05) is 37.2 Å². The molecule has 41 heavy (non-hydrogen) atoms. The number of nitrogens with zero attached hydrogens (tertiary/aromatic N) is 3. The van der Waals surface area contributed by atoms with E-state index in [1.165, 1.54) is 28.0 Å². The lowest BCUT2D eigenvalue weighted by molar-refractivity contribution is -0.142. The third-order valence-electron chi connectivity index (χ3n) is 6.90. The SMILES string of the molecule is Cc1noc(C)c1NC(=O)N(C)C[C@@H]1Oc2ccc(NC(=O)CCC(F)(F)F)cc2CC(=O)N([C@@H](C)CO)C[C@@H]1C. The van der Waals surface area contributed by atoms with Crippen LogP contribution < -0.4 is 15.4 Å². The quantitative estimate of drug-likeness (QED) is 0.429. The molecule has 3 rings (SSSR count). The summed E-state index contributed by atoms with van der Waals surface area (Å²) in [6.07, 6.45) is -7.18. The number of fused-ring (bicyclic) bond motifs is 1. The Bertz CT molecular complexity index is 1230. The first-order chi connectivity index (χ1) is 19.2. The van der Waals surface area contributed by atoms with Crippen molar-refractivity contribution in [1.82, 2.24) is 15.0 Å². The monoisotopic (exact) mass is 583 g/mol. The summed E-state index contributed by atoms with van der Waals surface area (Å²) in [6.45, 7) is 7.05. The lowest BCUT2D eigenvalue weighted by Gasteiger charge is -2.34. The summed E-state index contributed by atoms with van der Waals surface area (Å²) in [5.41, 5.74) is 1.61. The number of likely N-dealkylation sites (N-methyl/N-ethyl adjacent to an activating group) is 1. The number of halogens is 3. The van der Waals surface area contributed by atoms with Crippen molar-refractivity contribution in [1.29, 1.82) is 0 Å². The third-order valence-corrected chi connectivity index (χ3v) is 6.90. The maximum Gasteiger partial charge on any atom is 0.389 e. The van der Waals surface area contributed by atoms with Crippen molar-refractivity contribution in [2.75, 3.05) is 37.4 Å². The lowest BCUT2D eigenvalue weighted by Crippen LogP contribution is -2.48. The fraction of sp³-hybridized carbons (Fsp3) is 0.556. The molecule has 1 aromatic carbocycles. The zero-order valence-electron chi connectivity index (χ0n) is 23.7. The van der Waals surface area contributed by atoms with Crippen LogP contribution in [0.5, 0.6) is 5.75 Å². The number of hydrogen-bond donors (Lipinski definition) is 3. The van der Waals surface area contributed by atoms with Gasteiger partial charge < -0.3 is 34.8 Å². The maximum absolute atomic E-state index is 13.3. The molecule has 1 aromatic heterocycles. The van der Waals surface area contributed by atoms with Gasteiger partial charge in [-0.25, -0.2) is 4.79 Å². The summed E-state index contributed by atoms with van der Waals surface area (Å²) in [4.78, 5) is 41.3. The summed E-state index contributed by atoms with van der Waals surface area (Å²) in [6, 6.07) is 3.58. The molecule has 3 N–H and O–H groups in total. The molecular formula is C27H36F3N5O6. The molecule has 0 fully saturated rings. The molecule has 0 unspecified atom stereocenters. The molecular weight excluding hydrogens is 547 g/mol. The van der Waals surface area contributed by atoms with Crippen molar-refractivity contribution >= 4 is 29.2 Å². The Morgan fingerprint density at radius 1 is 1.27 bits per heavy atom. The molecule has 11 nitrogen and oxygen atoms in total. The highest BCUT2D eigenvalue weighted by atomic mass is 19.4. The molecule has 2 aromatic rings. The van der Waals surface area contributed by atoms with Crippen LogP contribution in [0, 0.1) is 19.8 Å². The summed E-state index contributed by atoms with van der Waals surface area (Å²) < 4.78 is 49.0. The zero-order chi connectivity index (χ0) is 30.5. The van der Waals surface area contributed by atoms with Crippen molar-refractivity contribution < 1.29 is 41.9 Å². The molecule has 14 heteroatoms. The van der Waals surface area contributed by atoms with Crippen molar-refractivity contribution in [2.24, 2.45) is 5.92 Å². The third kappa shape index (κ3) is 8.59. The Morgan fingerprint density at radius 2 is 1.98 bits per heavy atom. The van der Waals surface area contributed by atoms with Crippen molar-refractivity contribution in [3.05, 3.63) is 35.2 Å². The summed E-state index contributed by atoms with van der Waals surface area (Å²) in [5.74, 6) is -0.602. The molecule has 0 bridgehead atoms. The number of nitrogens with one attached hydrogen (secondary N) is 2. The number of amides is 4. The molecule has 1 aliphatic heterocycles. The average molecular weight is 584 g/mol. The van der Waals surface area contributed by atoms with Gasteiger partial charge >= 0.3 is 12.2 Å². The van der Waals surface area contributed by atoms with E-state index in [1.807, 2.05) is 6.92 Å². The smallest absolute Gasteiger partial charge is 0.389 e. The molecule has 3 atom stereocenters. The number of aliphatic hydroxyl groups excluding tert-OH is 1. The first-order valence-corrected chi connectivity index (χ1v) is 13.2. The van der Waals surface area contributed by atoms with Crippen LogP contribution in [0.15, 0.2) is 22.7 Å². The maximum atomic E-state index is 13.3. The molecule has 226 valence electrons. The van der Waals surface area contributed by atoms with Crippen LogP contribution >= 0.6 is 0 Å². The van der Waals surface area contributed by atoms with Gasteiger partial charge in [-0.05, 0) is 39.0 Å². The predicted octanol–water partition coefficient (Wildman–Crippen LogP) is 3.89. The summed E-state index contributed by atoms with van der Waals surface area (Å²) in [5, 5.41) is 18.8. The number of alkyl halides is 3. The van der Waals surface area contributed by atoms with Crippen LogP contribution in [0.4, 0.5) is 29.3 Å². The van der Waals surface area contributed by atoms with E-state index < -0.39 is 43.1 Å². The molecule has 0 saturated carbocycles. The normalized spacial score (nSPS) is 18.4. The highest BCUT2D eigenvalue weighted by Crippen LogP contribution is 2.30. The van der Waals surface area contributed by atoms with E-state index in [0.29, 0.717) is 28.5 Å². The second-order valence-electron chi connectivity index (χ2n) is 10.4. The van der Waals surface area contributed by atoms with Gasteiger partial charge in [0.15, 0.2) is 5.76 Å². The van der Waals surface area contributed by atoms with Gasteiger partial charge in [-0.2, -0.15) is 13.2 Å². The molecule has 0 radical (unpaired) electrons. The number of aliphatic hydroxyl groups is 1. The lowest BCUT2D eigenvalue weighted by atomic mass is 10.0. The minimum atomic E-state index is -4.46. The van der Waals surface area contributed by atoms with Crippen molar-refractivity contribution in [2.45, 2.75) is 65.3 Å². The van der Waals surface area contributed by atoms with Crippen LogP contribution in [-0.4, -0.2) is 83.0 Å². The fourth-order valence-electron chi connectivity index (χ4n) is 4.42. The Balaban J connectivity index is 1.85. The Morgan fingerprint density at radius 3 is 2.59 bits per heavy atom. The van der Waals surface area contributed by atoms with E-state index in [0.717, 1.165) is 0 Å². The van der Waals surface area contributed by atoms with Crippen LogP contribution in [-0.2, 0) is 16.0 Å². The van der Waals surface area contributed by atoms with E-state index in [4.69, 9.17) is 9.26 Å². The Kier molecular flexibility index (Phi) is 10.2. The van der Waals surface area contributed by atoms with Gasteiger partial charge in [0.2, 0.25) is 11.8 Å². The molecule has 0 aliphatic carbocycles. The van der Waals surface area contributed by atoms with E-state index in [9.17, 15) is 32.7 Å². The van der Waals surface area contributed by atoms with Gasteiger partial charge in [0.05, 0.1) is 32.0 Å². The Hall–Kier alpha value is -3.81. The number of carbonyl (C=O) groups is 3. The average Bonchev–Trinajstić information content (AvgIpc) is 3.23. The first-order valence-electron chi connectivity index (χ1n) is 13.2.